The molecule has 0 spiro atoms. The van der Waals surface area contributed by atoms with Crippen LogP contribution >= 0.6 is 23.1 Å². The number of ether oxygens (including phenoxy) is 1. The lowest BCUT2D eigenvalue weighted by Gasteiger charge is -2.17. The van der Waals surface area contributed by atoms with E-state index >= 15 is 0 Å². The molecule has 2 aliphatic heterocycles. The molecule has 5 rings (SSSR count). The highest BCUT2D eigenvalue weighted by Crippen LogP contribution is 2.30. The molecule has 3 aromatic rings. The number of aryl methyl sites for hydroxylation is 1. The van der Waals surface area contributed by atoms with E-state index < -0.39 is 0 Å². The van der Waals surface area contributed by atoms with E-state index in [1.54, 1.807) is 17.4 Å². The van der Waals surface area contributed by atoms with E-state index in [-0.39, 0.29) is 23.5 Å². The van der Waals surface area contributed by atoms with Gasteiger partial charge in [-0.1, -0.05) is 17.8 Å². The van der Waals surface area contributed by atoms with E-state index in [2.05, 4.69) is 20.1 Å². The van der Waals surface area contributed by atoms with E-state index in [1.165, 1.54) is 11.8 Å². The van der Waals surface area contributed by atoms with Crippen molar-refractivity contribution in [1.29, 1.82) is 0 Å². The molecular formula is C22H22N4O3S2. The molecule has 0 aliphatic carbocycles. The largest absolute Gasteiger partial charge is 0.376 e. The predicted molar refractivity (Wildman–Crippen MR) is 121 cm³/mol. The van der Waals surface area contributed by atoms with Crippen LogP contribution in [-0.4, -0.2) is 44.9 Å². The van der Waals surface area contributed by atoms with Crippen LogP contribution in [0, 0.1) is 0 Å². The van der Waals surface area contributed by atoms with Gasteiger partial charge in [-0.15, -0.1) is 21.5 Å². The molecule has 1 saturated heterocycles. The Balaban J connectivity index is 1.33. The van der Waals surface area contributed by atoms with Gasteiger partial charge in [0, 0.05) is 24.3 Å². The van der Waals surface area contributed by atoms with Crippen molar-refractivity contribution in [3.8, 4) is 10.7 Å². The smallest absolute Gasteiger partial charge is 0.224 e. The summed E-state index contributed by atoms with van der Waals surface area (Å²) < 4.78 is 7.92. The molecule has 7 nitrogen and oxygen atoms in total. The molecule has 1 atom stereocenters. The third-order valence-electron chi connectivity index (χ3n) is 5.52. The molecule has 9 heteroatoms. The number of carbonyl (C=O) groups is 2. The normalized spacial score (nSPS) is 18.1. The number of thiophene rings is 1. The second-order valence-electron chi connectivity index (χ2n) is 7.66. The molecule has 1 fully saturated rings. The van der Waals surface area contributed by atoms with Crippen LogP contribution in [0.25, 0.3) is 10.7 Å². The van der Waals surface area contributed by atoms with Crippen molar-refractivity contribution in [3.63, 3.8) is 0 Å². The summed E-state index contributed by atoms with van der Waals surface area (Å²) in [6.45, 7) is 1.48. The monoisotopic (exact) mass is 454 g/mol. The molecule has 0 bridgehead atoms. The molecule has 0 radical (unpaired) electrons. The zero-order chi connectivity index (χ0) is 21.2. The number of Topliss-reactive ketones (excluding diaryl/α,β-unsaturated/α-hetero) is 1. The predicted octanol–water partition coefficient (Wildman–Crippen LogP) is 4.05. The molecule has 0 saturated carbocycles. The number of nitrogens with zero attached hydrogens (tertiary/aromatic N) is 3. The van der Waals surface area contributed by atoms with Crippen LogP contribution in [-0.2, 0) is 22.5 Å². The van der Waals surface area contributed by atoms with Crippen molar-refractivity contribution in [2.45, 2.75) is 43.5 Å². The first-order valence-electron chi connectivity index (χ1n) is 10.3. The number of hydrogen-bond acceptors (Lipinski definition) is 7. The Morgan fingerprint density at radius 3 is 3.03 bits per heavy atom. The Hall–Kier alpha value is -2.49. The van der Waals surface area contributed by atoms with Crippen LogP contribution in [0.5, 0.6) is 0 Å². The number of benzene rings is 1. The minimum atomic E-state index is 0.0225. The zero-order valence-electron chi connectivity index (χ0n) is 16.9. The van der Waals surface area contributed by atoms with Crippen molar-refractivity contribution in [2.24, 2.45) is 0 Å². The quantitative estimate of drug-likeness (QED) is 0.428. The van der Waals surface area contributed by atoms with Crippen LogP contribution in [0.15, 0.2) is 40.9 Å². The average molecular weight is 455 g/mol. The van der Waals surface area contributed by atoms with E-state index in [4.69, 9.17) is 4.74 Å². The minimum Gasteiger partial charge on any atom is -0.376 e. The van der Waals surface area contributed by atoms with Gasteiger partial charge in [0.2, 0.25) is 5.91 Å². The summed E-state index contributed by atoms with van der Waals surface area (Å²) in [5, 5.41) is 14.4. The third kappa shape index (κ3) is 4.44. The summed E-state index contributed by atoms with van der Waals surface area (Å²) in [6, 6.07) is 9.53. The first-order valence-corrected chi connectivity index (χ1v) is 12.2. The molecule has 2 aliphatic rings. The lowest BCUT2D eigenvalue weighted by atomic mass is 9.99. The zero-order valence-corrected chi connectivity index (χ0v) is 18.5. The molecule has 1 amide bonds. The Kier molecular flexibility index (Phi) is 5.89. The topological polar surface area (TPSA) is 86.1 Å². The minimum absolute atomic E-state index is 0.0225. The van der Waals surface area contributed by atoms with Crippen molar-refractivity contribution < 1.29 is 14.3 Å². The Labute approximate surface area is 188 Å². The standard InChI is InChI=1S/C22H22N4O3S2/c27-18(15-5-7-17-14(11-15)6-8-20(28)23-17)13-31-22-25-24-21(19-4-2-10-30-19)26(22)12-16-3-1-9-29-16/h2,4-5,7,10-11,16H,1,3,6,8-9,12-13H2,(H,23,28)/t16-/m0/s1. The summed E-state index contributed by atoms with van der Waals surface area (Å²) >= 11 is 3.03. The maximum absolute atomic E-state index is 12.9. The highest BCUT2D eigenvalue weighted by atomic mass is 32.2. The lowest BCUT2D eigenvalue weighted by molar-refractivity contribution is -0.116. The third-order valence-corrected chi connectivity index (χ3v) is 7.36. The summed E-state index contributed by atoms with van der Waals surface area (Å²) in [7, 11) is 0. The van der Waals surface area contributed by atoms with Gasteiger partial charge >= 0.3 is 0 Å². The number of anilines is 1. The lowest BCUT2D eigenvalue weighted by Crippen LogP contribution is -2.19. The SMILES string of the molecule is O=C1CCc2cc(C(=O)CSc3nnc(-c4cccs4)n3C[C@@H]3CCCO3)ccc2N1. The van der Waals surface area contributed by atoms with E-state index in [1.807, 2.05) is 29.6 Å². The van der Waals surface area contributed by atoms with Crippen LogP contribution < -0.4 is 5.32 Å². The fourth-order valence-corrected chi connectivity index (χ4v) is 5.47. The van der Waals surface area contributed by atoms with Crippen LogP contribution in [0.1, 0.15) is 35.2 Å². The summed E-state index contributed by atoms with van der Waals surface area (Å²) in [5.41, 5.74) is 2.47. The second kappa shape index (κ2) is 8.94. The average Bonchev–Trinajstić information content (AvgIpc) is 3.54. The molecule has 1 aromatic carbocycles. The number of carbonyl (C=O) groups excluding carboxylic acids is 2. The number of fused-ring (bicyclic) bond motifs is 1. The molecule has 31 heavy (non-hydrogen) atoms. The van der Waals surface area contributed by atoms with Gasteiger partial charge < -0.3 is 10.1 Å². The number of ketones is 1. The number of aromatic nitrogens is 3. The van der Waals surface area contributed by atoms with Gasteiger partial charge in [0.1, 0.15) is 0 Å². The van der Waals surface area contributed by atoms with Gasteiger partial charge in [-0.25, -0.2) is 0 Å². The van der Waals surface area contributed by atoms with Gasteiger partial charge in [-0.3, -0.25) is 14.2 Å². The van der Waals surface area contributed by atoms with E-state index in [0.717, 1.165) is 46.6 Å². The molecular weight excluding hydrogens is 432 g/mol. The fraction of sp³-hybridized carbons (Fsp3) is 0.364. The summed E-state index contributed by atoms with van der Waals surface area (Å²) in [6.07, 6.45) is 3.37. The highest BCUT2D eigenvalue weighted by molar-refractivity contribution is 7.99. The van der Waals surface area contributed by atoms with Crippen molar-refractivity contribution >= 4 is 40.5 Å². The van der Waals surface area contributed by atoms with Gasteiger partial charge in [-0.2, -0.15) is 0 Å². The highest BCUT2D eigenvalue weighted by Gasteiger charge is 2.23. The number of rotatable bonds is 7. The summed E-state index contributed by atoms with van der Waals surface area (Å²) in [5.74, 6) is 1.16. The fourth-order valence-electron chi connectivity index (χ4n) is 3.91. The molecule has 4 heterocycles. The van der Waals surface area contributed by atoms with Crippen molar-refractivity contribution in [1.82, 2.24) is 14.8 Å². The number of hydrogen-bond donors (Lipinski definition) is 1. The number of amides is 1. The van der Waals surface area contributed by atoms with Gasteiger partial charge in [0.15, 0.2) is 16.8 Å². The van der Waals surface area contributed by atoms with Crippen molar-refractivity contribution in [3.05, 3.63) is 46.8 Å². The Morgan fingerprint density at radius 2 is 2.23 bits per heavy atom. The molecule has 0 unspecified atom stereocenters. The Bertz CT molecular complexity index is 1100. The number of nitrogens with one attached hydrogen (secondary N) is 1. The van der Waals surface area contributed by atoms with Crippen LogP contribution in [0.3, 0.4) is 0 Å². The van der Waals surface area contributed by atoms with Gasteiger partial charge in [-0.05, 0) is 54.5 Å². The molecule has 1 N–H and O–H groups in total. The maximum atomic E-state index is 12.9. The van der Waals surface area contributed by atoms with Gasteiger partial charge in [0.25, 0.3) is 0 Å². The Morgan fingerprint density at radius 1 is 1.29 bits per heavy atom. The summed E-state index contributed by atoms with van der Waals surface area (Å²) in [4.78, 5) is 25.5. The second-order valence-corrected chi connectivity index (χ2v) is 9.55. The molecule has 2 aromatic heterocycles. The van der Waals surface area contributed by atoms with Crippen LogP contribution in [0.2, 0.25) is 0 Å². The van der Waals surface area contributed by atoms with E-state index in [0.29, 0.717) is 24.9 Å². The maximum Gasteiger partial charge on any atom is 0.224 e. The van der Waals surface area contributed by atoms with Crippen molar-refractivity contribution in [2.75, 3.05) is 17.7 Å². The first-order chi connectivity index (χ1) is 15.2. The first kappa shape index (κ1) is 20.4. The molecule has 160 valence electrons. The van der Waals surface area contributed by atoms with Gasteiger partial charge in [0.05, 0.1) is 23.3 Å². The van der Waals surface area contributed by atoms with E-state index in [9.17, 15) is 9.59 Å². The number of thioether (sulfide) groups is 1. The van der Waals surface area contributed by atoms with Crippen LogP contribution in [0.4, 0.5) is 5.69 Å².